The molecule has 4 heterocycles. The van der Waals surface area contributed by atoms with E-state index in [1.807, 2.05) is 0 Å². The maximum atomic E-state index is 2.69. The molecule has 2 aromatic heterocycles. The predicted molar refractivity (Wildman–Crippen MR) is 441 cm³/mol. The molecule has 5 nitrogen and oxygen atoms in total. The normalized spacial score (nSPS) is 13.5. The van der Waals surface area contributed by atoms with Gasteiger partial charge in [0.1, 0.15) is 0 Å². The molecule has 0 saturated heterocycles. The maximum Gasteiger partial charge on any atom is 0.252 e. The van der Waals surface area contributed by atoms with Crippen LogP contribution < -0.4 is 31.1 Å². The van der Waals surface area contributed by atoms with Crippen LogP contribution in [-0.2, 0) is 32.5 Å². The van der Waals surface area contributed by atoms with Gasteiger partial charge in [0, 0.05) is 78.4 Å². The number of anilines is 9. The summed E-state index contributed by atoms with van der Waals surface area (Å²) in [6, 6.07) is 98.4. The number of fused-ring (bicyclic) bond motifs is 10. The number of para-hydroxylation sites is 3. The first kappa shape index (κ1) is 66.3. The Hall–Kier alpha value is -10.3. The van der Waals surface area contributed by atoms with Gasteiger partial charge in [-0.25, -0.2) is 0 Å². The second-order valence-corrected chi connectivity index (χ2v) is 35.3. The summed E-state index contributed by atoms with van der Waals surface area (Å²) in [7, 11) is 0. The Morgan fingerprint density at radius 2 is 0.608 bits per heavy atom. The fraction of sp³-hybridized carbons (Fsp3) is 0.250. The monoisotopic (exact) mass is 1330 g/mol. The van der Waals surface area contributed by atoms with Crippen LogP contribution in [0, 0.1) is 0 Å². The van der Waals surface area contributed by atoms with Crippen molar-refractivity contribution in [2.45, 2.75) is 157 Å². The summed E-state index contributed by atoms with van der Waals surface area (Å²) in [4.78, 5) is 7.85. The van der Waals surface area contributed by atoms with Gasteiger partial charge in [-0.05, 0) is 221 Å². The van der Waals surface area contributed by atoms with E-state index in [4.69, 9.17) is 0 Å². The molecule has 0 spiro atoms. The lowest BCUT2D eigenvalue weighted by molar-refractivity contribution is 0.568. The maximum absolute atomic E-state index is 2.69. The van der Waals surface area contributed by atoms with Crippen LogP contribution in [0.5, 0.6) is 0 Å². The van der Waals surface area contributed by atoms with Crippen LogP contribution in [-0.4, -0.2) is 15.8 Å². The van der Waals surface area contributed by atoms with E-state index < -0.39 is 0 Å². The van der Waals surface area contributed by atoms with Crippen molar-refractivity contribution in [3.05, 3.63) is 288 Å². The van der Waals surface area contributed by atoms with E-state index in [2.05, 4.69) is 403 Å². The lowest BCUT2D eigenvalue weighted by Crippen LogP contribution is -2.61. The number of hydrogen-bond donors (Lipinski definition) is 0. The first-order valence-corrected chi connectivity index (χ1v) is 36.8. The molecule has 0 fully saturated rings. The van der Waals surface area contributed by atoms with Gasteiger partial charge in [0.15, 0.2) is 0 Å². The highest BCUT2D eigenvalue weighted by Crippen LogP contribution is 2.52. The number of benzene rings is 12. The van der Waals surface area contributed by atoms with Crippen LogP contribution in [0.4, 0.5) is 51.2 Å². The standard InChI is InChI=1S/C96H96BN5/c1-91(2,3)63-39-46-84-78(55-63)79-56-64(92(4,5)6)40-47-85(79)100(84)72-42-44-81-87(58-72)102(74-53-67(95(13,14)15)50-68(54-74)96(16,17)18)89-60-75(98(69-32-24-20-25-33-69)70-34-26-21-27-35-70)59-88-90(89)97(81)80-43-41-71(57-86(80)101(88)73-51-65(93(7,8)9)49-66(52-73)94(10,11)12)99-82-37-29-28-36-76(82)77-48-62(38-45-83(77)99)61-30-22-19-23-31-61/h19-60H,1-18H3. The highest BCUT2D eigenvalue weighted by Gasteiger charge is 2.46. The number of hydrogen-bond acceptors (Lipinski definition) is 3. The van der Waals surface area contributed by atoms with Gasteiger partial charge < -0.3 is 23.8 Å². The van der Waals surface area contributed by atoms with Crippen LogP contribution in [0.3, 0.4) is 0 Å². The fourth-order valence-corrected chi connectivity index (χ4v) is 16.0. The molecule has 102 heavy (non-hydrogen) atoms. The summed E-state index contributed by atoms with van der Waals surface area (Å²) < 4.78 is 5.08. The average Bonchev–Trinajstić information content (AvgIpc) is 0.765. The first-order chi connectivity index (χ1) is 48.4. The SMILES string of the molecule is CC(C)(C)c1cc(N2c3cc(-n4c5ccccc5c5cc(-c6ccccc6)ccc54)ccc3B3c4ccc(-n5c6ccc(C(C)(C)C)cc6c6cc(C(C)(C)C)ccc65)cc4N(c4cc(C(C)(C)C)cc(C(C)(C)C)c4)c4cc(N(c5ccccc5)c5ccccc5)cc2c43)cc(C(C)(C)C)c1. The summed E-state index contributed by atoms with van der Waals surface area (Å²) in [5.74, 6) is 0. The van der Waals surface area contributed by atoms with Crippen molar-refractivity contribution in [1.82, 2.24) is 9.13 Å². The molecule has 12 aromatic carbocycles. The van der Waals surface area contributed by atoms with Crippen molar-refractivity contribution in [1.29, 1.82) is 0 Å². The summed E-state index contributed by atoms with van der Waals surface area (Å²) >= 11 is 0. The van der Waals surface area contributed by atoms with E-state index in [1.165, 1.54) is 105 Å². The molecule has 6 heteroatoms. The van der Waals surface area contributed by atoms with E-state index in [0.717, 1.165) is 62.6 Å². The minimum absolute atomic E-state index is 0.0429. The van der Waals surface area contributed by atoms with Crippen molar-refractivity contribution in [2.75, 3.05) is 14.7 Å². The highest BCUT2D eigenvalue weighted by molar-refractivity contribution is 7.00. The van der Waals surface area contributed by atoms with Crippen molar-refractivity contribution in [3.63, 3.8) is 0 Å². The Labute approximate surface area is 605 Å². The van der Waals surface area contributed by atoms with Gasteiger partial charge in [-0.15, -0.1) is 0 Å². The largest absolute Gasteiger partial charge is 0.311 e. The Morgan fingerprint density at radius 3 is 1.02 bits per heavy atom. The Kier molecular flexibility index (Phi) is 15.4. The molecule has 0 aliphatic carbocycles. The zero-order valence-corrected chi connectivity index (χ0v) is 63.1. The van der Waals surface area contributed by atoms with Gasteiger partial charge in [-0.3, -0.25) is 0 Å². The summed E-state index contributed by atoms with van der Waals surface area (Å²) in [5, 5.41) is 5.00. The summed E-state index contributed by atoms with van der Waals surface area (Å²) in [6.07, 6.45) is 0. The van der Waals surface area contributed by atoms with Gasteiger partial charge in [0.25, 0.3) is 6.71 Å². The van der Waals surface area contributed by atoms with Crippen molar-refractivity contribution in [2.24, 2.45) is 0 Å². The van der Waals surface area contributed by atoms with Crippen LogP contribution in [0.1, 0.15) is 158 Å². The van der Waals surface area contributed by atoms with E-state index in [-0.39, 0.29) is 39.2 Å². The van der Waals surface area contributed by atoms with E-state index in [0.29, 0.717) is 0 Å². The Balaban J connectivity index is 1.06. The zero-order chi connectivity index (χ0) is 71.5. The second kappa shape index (κ2) is 23.6. The first-order valence-electron chi connectivity index (χ1n) is 36.8. The topological polar surface area (TPSA) is 19.6 Å². The third-order valence-electron chi connectivity index (χ3n) is 21.9. The average molecular weight is 1330 g/mol. The predicted octanol–water partition coefficient (Wildman–Crippen LogP) is 24.9. The van der Waals surface area contributed by atoms with Gasteiger partial charge in [-0.2, -0.15) is 0 Å². The van der Waals surface area contributed by atoms with E-state index in [1.54, 1.807) is 0 Å². The van der Waals surface area contributed by atoms with Crippen molar-refractivity contribution in [3.8, 4) is 22.5 Å². The molecular formula is C96H96BN5. The molecule has 0 amide bonds. The molecule has 0 atom stereocenters. The minimum atomic E-state index is -0.208. The van der Waals surface area contributed by atoms with Gasteiger partial charge in [0.2, 0.25) is 0 Å². The van der Waals surface area contributed by atoms with Crippen LogP contribution in [0.2, 0.25) is 0 Å². The molecule has 508 valence electrons. The number of aromatic nitrogens is 2. The molecule has 0 unspecified atom stereocenters. The molecule has 14 aromatic rings. The molecule has 0 radical (unpaired) electrons. The molecule has 2 aliphatic heterocycles. The smallest absolute Gasteiger partial charge is 0.252 e. The second-order valence-electron chi connectivity index (χ2n) is 35.3. The lowest BCUT2D eigenvalue weighted by Gasteiger charge is -2.46. The number of nitrogens with zero attached hydrogens (tertiary/aromatic N) is 5. The van der Waals surface area contributed by atoms with Crippen molar-refractivity contribution < 1.29 is 0 Å². The summed E-state index contributed by atoms with van der Waals surface area (Å²) in [6.45, 7) is 42.2. The fourth-order valence-electron chi connectivity index (χ4n) is 16.0. The molecule has 0 bridgehead atoms. The quantitative estimate of drug-likeness (QED) is 0.141. The van der Waals surface area contributed by atoms with Crippen LogP contribution >= 0.6 is 0 Å². The van der Waals surface area contributed by atoms with E-state index >= 15 is 0 Å². The third kappa shape index (κ3) is 11.3. The zero-order valence-electron chi connectivity index (χ0n) is 63.1. The van der Waals surface area contributed by atoms with Crippen LogP contribution in [0.15, 0.2) is 255 Å². The minimum Gasteiger partial charge on any atom is -0.311 e. The molecule has 16 rings (SSSR count). The molecular weight excluding hydrogens is 1230 g/mol. The van der Waals surface area contributed by atoms with Crippen molar-refractivity contribution >= 4 is 118 Å². The molecule has 2 aliphatic rings. The van der Waals surface area contributed by atoms with Gasteiger partial charge in [0.05, 0.1) is 27.8 Å². The Bertz CT molecular complexity index is 5470. The highest BCUT2D eigenvalue weighted by atomic mass is 15.2. The summed E-state index contributed by atoms with van der Waals surface area (Å²) in [5.41, 5.74) is 30.3. The number of rotatable bonds is 8. The van der Waals surface area contributed by atoms with E-state index in [9.17, 15) is 0 Å². The van der Waals surface area contributed by atoms with Crippen LogP contribution in [0.25, 0.3) is 66.1 Å². The Morgan fingerprint density at radius 1 is 0.245 bits per heavy atom. The molecule has 0 saturated carbocycles. The third-order valence-corrected chi connectivity index (χ3v) is 21.9. The van der Waals surface area contributed by atoms with Gasteiger partial charge >= 0.3 is 0 Å². The molecule has 0 N–H and O–H groups in total. The van der Waals surface area contributed by atoms with Gasteiger partial charge in [-0.1, -0.05) is 252 Å². The lowest BCUT2D eigenvalue weighted by atomic mass is 9.33.